The predicted octanol–water partition coefficient (Wildman–Crippen LogP) is 3.28. The van der Waals surface area contributed by atoms with Crippen LogP contribution in [0.1, 0.15) is 36.7 Å². The minimum absolute atomic E-state index is 0.146. The first-order chi connectivity index (χ1) is 9.99. The standard InChI is InChI=1S/C16H22N4O/c1-5-20-10-13(9-17-20)16(21)19-15-8-12(4)6-7-14(15)18-11(2)3/h6-11,18H,5H2,1-4H3,(H,19,21). The first-order valence-corrected chi connectivity index (χ1v) is 7.20. The maximum Gasteiger partial charge on any atom is 0.258 e. The maximum absolute atomic E-state index is 12.3. The number of nitrogens with zero attached hydrogens (tertiary/aromatic N) is 2. The minimum atomic E-state index is -0.146. The summed E-state index contributed by atoms with van der Waals surface area (Å²) < 4.78 is 1.73. The Balaban J connectivity index is 2.21. The molecule has 0 aliphatic rings. The fraction of sp³-hybridized carbons (Fsp3) is 0.375. The van der Waals surface area contributed by atoms with Crippen molar-refractivity contribution in [1.82, 2.24) is 9.78 Å². The van der Waals surface area contributed by atoms with Gasteiger partial charge in [-0.1, -0.05) is 6.07 Å². The lowest BCUT2D eigenvalue weighted by Gasteiger charge is -2.16. The van der Waals surface area contributed by atoms with E-state index in [4.69, 9.17) is 0 Å². The van der Waals surface area contributed by atoms with Crippen LogP contribution >= 0.6 is 0 Å². The van der Waals surface area contributed by atoms with Gasteiger partial charge in [-0.3, -0.25) is 9.48 Å². The summed E-state index contributed by atoms with van der Waals surface area (Å²) in [6, 6.07) is 6.27. The van der Waals surface area contributed by atoms with E-state index in [2.05, 4.69) is 29.6 Å². The summed E-state index contributed by atoms with van der Waals surface area (Å²) in [5, 5.41) is 10.4. The summed E-state index contributed by atoms with van der Waals surface area (Å²) >= 11 is 0. The van der Waals surface area contributed by atoms with Crippen LogP contribution in [0, 0.1) is 6.92 Å². The summed E-state index contributed by atoms with van der Waals surface area (Å²) in [6.07, 6.45) is 3.34. The highest BCUT2D eigenvalue weighted by Crippen LogP contribution is 2.24. The molecule has 1 aromatic carbocycles. The fourth-order valence-electron chi connectivity index (χ4n) is 2.05. The van der Waals surface area contributed by atoms with Crippen LogP contribution in [0.2, 0.25) is 0 Å². The number of carbonyl (C=O) groups is 1. The van der Waals surface area contributed by atoms with Gasteiger partial charge in [-0.25, -0.2) is 0 Å². The van der Waals surface area contributed by atoms with Crippen molar-refractivity contribution >= 4 is 17.3 Å². The number of aromatic nitrogens is 2. The number of rotatable bonds is 5. The van der Waals surface area contributed by atoms with Crippen molar-refractivity contribution in [3.05, 3.63) is 41.7 Å². The van der Waals surface area contributed by atoms with Crippen LogP contribution in [0.3, 0.4) is 0 Å². The molecule has 21 heavy (non-hydrogen) atoms. The number of nitrogens with one attached hydrogen (secondary N) is 2. The molecule has 0 aliphatic carbocycles. The molecule has 0 saturated carbocycles. The molecule has 0 bridgehead atoms. The summed E-state index contributed by atoms with van der Waals surface area (Å²) in [4.78, 5) is 12.3. The van der Waals surface area contributed by atoms with Crippen LogP contribution < -0.4 is 10.6 Å². The molecule has 2 N–H and O–H groups in total. The SMILES string of the molecule is CCn1cc(C(=O)Nc2cc(C)ccc2NC(C)C)cn1. The largest absolute Gasteiger partial charge is 0.381 e. The smallest absolute Gasteiger partial charge is 0.258 e. The lowest BCUT2D eigenvalue weighted by molar-refractivity contribution is 0.102. The molecule has 2 rings (SSSR count). The van der Waals surface area contributed by atoms with Gasteiger partial charge < -0.3 is 10.6 Å². The highest BCUT2D eigenvalue weighted by molar-refractivity contribution is 6.05. The van der Waals surface area contributed by atoms with Gasteiger partial charge in [0.25, 0.3) is 5.91 Å². The van der Waals surface area contributed by atoms with Crippen LogP contribution in [-0.2, 0) is 6.54 Å². The summed E-state index contributed by atoms with van der Waals surface area (Å²) in [5.74, 6) is -0.146. The Morgan fingerprint density at radius 1 is 1.33 bits per heavy atom. The second kappa shape index (κ2) is 6.43. The van der Waals surface area contributed by atoms with Crippen molar-refractivity contribution in [3.8, 4) is 0 Å². The molecule has 0 unspecified atom stereocenters. The van der Waals surface area contributed by atoms with Gasteiger partial charge in [0.15, 0.2) is 0 Å². The van der Waals surface area contributed by atoms with Crippen molar-refractivity contribution in [2.24, 2.45) is 0 Å². The normalized spacial score (nSPS) is 10.7. The van der Waals surface area contributed by atoms with E-state index < -0.39 is 0 Å². The summed E-state index contributed by atoms with van der Waals surface area (Å²) in [5.41, 5.74) is 3.38. The molecule has 0 atom stereocenters. The van der Waals surface area contributed by atoms with Gasteiger partial charge >= 0.3 is 0 Å². The molecule has 1 amide bonds. The van der Waals surface area contributed by atoms with E-state index in [1.165, 1.54) is 0 Å². The molecule has 1 aromatic heterocycles. The van der Waals surface area contributed by atoms with Gasteiger partial charge in [0.1, 0.15) is 0 Å². The van der Waals surface area contributed by atoms with Crippen LogP contribution in [0.5, 0.6) is 0 Å². The molecular formula is C16H22N4O. The number of hydrogen-bond donors (Lipinski definition) is 2. The zero-order chi connectivity index (χ0) is 15.4. The molecule has 0 aliphatic heterocycles. The average Bonchev–Trinajstić information content (AvgIpc) is 2.90. The number of anilines is 2. The second-order valence-electron chi connectivity index (χ2n) is 5.39. The molecule has 5 heteroatoms. The van der Waals surface area contributed by atoms with Crippen molar-refractivity contribution in [1.29, 1.82) is 0 Å². The van der Waals surface area contributed by atoms with E-state index in [1.54, 1.807) is 17.1 Å². The third-order valence-electron chi connectivity index (χ3n) is 3.09. The number of amides is 1. The third kappa shape index (κ3) is 3.84. The quantitative estimate of drug-likeness (QED) is 0.886. The molecule has 5 nitrogen and oxygen atoms in total. The molecule has 0 radical (unpaired) electrons. The second-order valence-corrected chi connectivity index (χ2v) is 5.39. The molecule has 0 fully saturated rings. The van der Waals surface area contributed by atoms with Crippen molar-refractivity contribution < 1.29 is 4.79 Å². The lowest BCUT2D eigenvalue weighted by atomic mass is 10.1. The van der Waals surface area contributed by atoms with Crippen molar-refractivity contribution in [2.45, 2.75) is 40.3 Å². The van der Waals surface area contributed by atoms with Crippen LogP contribution in [0.4, 0.5) is 11.4 Å². The van der Waals surface area contributed by atoms with Crippen LogP contribution in [0.15, 0.2) is 30.6 Å². The molecule has 0 spiro atoms. The average molecular weight is 286 g/mol. The summed E-state index contributed by atoms with van der Waals surface area (Å²) in [6.45, 7) is 8.87. The van der Waals surface area contributed by atoms with E-state index in [-0.39, 0.29) is 5.91 Å². The van der Waals surface area contributed by atoms with Gasteiger partial charge in [0.05, 0.1) is 23.1 Å². The highest BCUT2D eigenvalue weighted by Gasteiger charge is 2.12. The number of carbonyl (C=O) groups excluding carboxylic acids is 1. The number of aryl methyl sites for hydroxylation is 2. The zero-order valence-corrected chi connectivity index (χ0v) is 13.0. The Kier molecular flexibility index (Phi) is 4.62. The third-order valence-corrected chi connectivity index (χ3v) is 3.09. The van der Waals surface area contributed by atoms with Gasteiger partial charge in [0.2, 0.25) is 0 Å². The highest BCUT2D eigenvalue weighted by atomic mass is 16.1. The van der Waals surface area contributed by atoms with Crippen molar-refractivity contribution in [3.63, 3.8) is 0 Å². The van der Waals surface area contributed by atoms with Crippen LogP contribution in [0.25, 0.3) is 0 Å². The summed E-state index contributed by atoms with van der Waals surface area (Å²) in [7, 11) is 0. The van der Waals surface area contributed by atoms with Gasteiger partial charge in [0, 0.05) is 18.8 Å². The Hall–Kier alpha value is -2.30. The first kappa shape index (κ1) is 15.1. The van der Waals surface area contributed by atoms with E-state index in [0.717, 1.165) is 23.5 Å². The van der Waals surface area contributed by atoms with Gasteiger partial charge in [-0.2, -0.15) is 5.10 Å². The van der Waals surface area contributed by atoms with E-state index in [0.29, 0.717) is 11.6 Å². The fourth-order valence-corrected chi connectivity index (χ4v) is 2.05. The van der Waals surface area contributed by atoms with Gasteiger partial charge in [-0.05, 0) is 45.4 Å². The predicted molar refractivity (Wildman–Crippen MR) is 85.8 cm³/mol. The molecule has 2 aromatic rings. The van der Waals surface area contributed by atoms with E-state index in [9.17, 15) is 4.79 Å². The Labute approximate surface area is 125 Å². The minimum Gasteiger partial charge on any atom is -0.381 e. The molecule has 112 valence electrons. The number of benzene rings is 1. The lowest BCUT2D eigenvalue weighted by Crippen LogP contribution is -2.16. The first-order valence-electron chi connectivity index (χ1n) is 7.20. The molecule has 1 heterocycles. The zero-order valence-electron chi connectivity index (χ0n) is 13.0. The van der Waals surface area contributed by atoms with Crippen LogP contribution in [-0.4, -0.2) is 21.7 Å². The Morgan fingerprint density at radius 3 is 2.71 bits per heavy atom. The Bertz CT molecular complexity index is 631. The molecule has 0 saturated heterocycles. The van der Waals surface area contributed by atoms with E-state index >= 15 is 0 Å². The van der Waals surface area contributed by atoms with Crippen molar-refractivity contribution in [2.75, 3.05) is 10.6 Å². The maximum atomic E-state index is 12.3. The Morgan fingerprint density at radius 2 is 2.10 bits per heavy atom. The monoisotopic (exact) mass is 286 g/mol. The molecular weight excluding hydrogens is 264 g/mol. The van der Waals surface area contributed by atoms with E-state index in [1.807, 2.05) is 32.0 Å². The number of hydrogen-bond acceptors (Lipinski definition) is 3. The van der Waals surface area contributed by atoms with Gasteiger partial charge in [-0.15, -0.1) is 0 Å². The topological polar surface area (TPSA) is 59.0 Å².